The van der Waals surface area contributed by atoms with E-state index in [9.17, 15) is 9.50 Å². The van der Waals surface area contributed by atoms with Gasteiger partial charge in [-0.25, -0.2) is 4.39 Å². The van der Waals surface area contributed by atoms with Gasteiger partial charge in [-0.2, -0.15) is 0 Å². The van der Waals surface area contributed by atoms with Crippen LogP contribution in [0.1, 0.15) is 0 Å². The van der Waals surface area contributed by atoms with Gasteiger partial charge in [-0.15, -0.1) is 0 Å². The van der Waals surface area contributed by atoms with E-state index in [-0.39, 0.29) is 28.6 Å². The van der Waals surface area contributed by atoms with Crippen LogP contribution in [0, 0.1) is 5.82 Å². The number of phenols is 1. The molecule has 1 aromatic heterocycles. The van der Waals surface area contributed by atoms with Gasteiger partial charge < -0.3 is 24.8 Å². The molecule has 18 heavy (non-hydrogen) atoms. The number of nitrogen functional groups attached to an aromatic ring is 1. The molecule has 0 saturated carbocycles. The summed E-state index contributed by atoms with van der Waals surface area (Å²) in [4.78, 5) is 0. The molecule has 0 atom stereocenters. The summed E-state index contributed by atoms with van der Waals surface area (Å²) >= 11 is 0. The Morgan fingerprint density at radius 1 is 1.28 bits per heavy atom. The number of ether oxygens (including phenoxy) is 2. The lowest BCUT2D eigenvalue weighted by atomic mass is 10.1. The number of nitrogens with two attached hydrogens (primary N) is 1. The van der Waals surface area contributed by atoms with Crippen LogP contribution in [0.3, 0.4) is 0 Å². The van der Waals surface area contributed by atoms with Crippen LogP contribution < -0.4 is 15.2 Å². The molecule has 3 N–H and O–H groups in total. The Morgan fingerprint density at radius 2 is 2.06 bits per heavy atom. The third kappa shape index (κ3) is 1.52. The number of fused-ring (bicyclic) bond motifs is 1. The van der Waals surface area contributed by atoms with Gasteiger partial charge >= 0.3 is 0 Å². The molecule has 0 amide bonds. The topological polar surface area (TPSA) is 90.7 Å². The molecule has 7 heteroatoms. The number of aromatic hydroxyl groups is 1. The van der Waals surface area contributed by atoms with Crippen LogP contribution in [-0.2, 0) is 0 Å². The lowest BCUT2D eigenvalue weighted by molar-refractivity contribution is 0.170. The molecule has 0 aliphatic carbocycles. The number of halogens is 1. The maximum absolute atomic E-state index is 13.6. The molecular formula is C11H9FN2O4. The zero-order valence-electron chi connectivity index (χ0n) is 9.14. The number of rotatable bonds is 1. The van der Waals surface area contributed by atoms with E-state index in [1.807, 2.05) is 0 Å². The summed E-state index contributed by atoms with van der Waals surface area (Å²) in [7, 11) is 0. The Balaban J connectivity index is 2.26. The first-order valence-electron chi connectivity index (χ1n) is 5.20. The number of phenolic OH excluding ortho intramolecular Hbond substituents is 1. The quantitative estimate of drug-likeness (QED) is 0.800. The van der Waals surface area contributed by atoms with Crippen molar-refractivity contribution in [2.75, 3.05) is 18.9 Å². The Hall–Kier alpha value is -2.44. The summed E-state index contributed by atoms with van der Waals surface area (Å²) < 4.78 is 28.9. The molecule has 0 saturated heterocycles. The van der Waals surface area contributed by atoms with E-state index in [0.29, 0.717) is 13.2 Å². The molecule has 2 heterocycles. The molecule has 0 spiro atoms. The van der Waals surface area contributed by atoms with Crippen molar-refractivity contribution in [2.45, 2.75) is 0 Å². The van der Waals surface area contributed by atoms with Gasteiger partial charge in [0.25, 0.3) is 0 Å². The van der Waals surface area contributed by atoms with E-state index in [1.165, 1.54) is 6.07 Å². The molecule has 1 aliphatic rings. The molecule has 94 valence electrons. The van der Waals surface area contributed by atoms with Crippen molar-refractivity contribution < 1.29 is 23.5 Å². The molecule has 0 fully saturated rings. The van der Waals surface area contributed by atoms with Gasteiger partial charge in [0.1, 0.15) is 18.9 Å². The normalized spacial score (nSPS) is 13.6. The molecule has 0 radical (unpaired) electrons. The van der Waals surface area contributed by atoms with Crippen molar-refractivity contribution in [3.05, 3.63) is 17.9 Å². The van der Waals surface area contributed by atoms with E-state index in [2.05, 4.69) is 5.16 Å². The second kappa shape index (κ2) is 3.80. The van der Waals surface area contributed by atoms with Crippen LogP contribution in [0.25, 0.3) is 11.3 Å². The summed E-state index contributed by atoms with van der Waals surface area (Å²) in [5, 5.41) is 13.4. The zero-order valence-corrected chi connectivity index (χ0v) is 9.14. The van der Waals surface area contributed by atoms with Crippen LogP contribution >= 0.6 is 0 Å². The minimum Gasteiger partial charge on any atom is -0.504 e. The van der Waals surface area contributed by atoms with Crippen molar-refractivity contribution in [3.8, 4) is 28.5 Å². The Morgan fingerprint density at radius 3 is 2.78 bits per heavy atom. The monoisotopic (exact) mass is 252 g/mol. The summed E-state index contributed by atoms with van der Waals surface area (Å²) in [6, 6.07) is 2.43. The fraction of sp³-hybridized carbons (Fsp3) is 0.182. The van der Waals surface area contributed by atoms with E-state index in [4.69, 9.17) is 19.7 Å². The summed E-state index contributed by atoms with van der Waals surface area (Å²) in [6.07, 6.45) is 0. The predicted molar refractivity (Wildman–Crippen MR) is 59.0 cm³/mol. The van der Waals surface area contributed by atoms with Crippen LogP contribution in [-0.4, -0.2) is 23.5 Å². The van der Waals surface area contributed by atoms with Gasteiger partial charge in [-0.05, 0) is 0 Å². The first kappa shape index (κ1) is 10.7. The first-order chi connectivity index (χ1) is 8.66. The van der Waals surface area contributed by atoms with E-state index >= 15 is 0 Å². The van der Waals surface area contributed by atoms with Crippen LogP contribution in [0.5, 0.6) is 17.2 Å². The van der Waals surface area contributed by atoms with Gasteiger partial charge in [0, 0.05) is 12.1 Å². The average Bonchev–Trinajstić information content (AvgIpc) is 2.77. The lowest BCUT2D eigenvalue weighted by Gasteiger charge is -2.21. The van der Waals surface area contributed by atoms with Gasteiger partial charge in [0.2, 0.25) is 5.88 Å². The van der Waals surface area contributed by atoms with Crippen molar-refractivity contribution in [2.24, 2.45) is 0 Å². The SMILES string of the molecule is Nc1cc(-c2c(O)c(F)cc3c2OCCO3)no1. The smallest absolute Gasteiger partial charge is 0.222 e. The number of aromatic nitrogens is 1. The van der Waals surface area contributed by atoms with Crippen LogP contribution in [0.15, 0.2) is 16.7 Å². The Bertz CT molecular complexity index is 611. The molecule has 0 unspecified atom stereocenters. The third-order valence-corrected chi connectivity index (χ3v) is 2.54. The van der Waals surface area contributed by atoms with E-state index in [0.717, 1.165) is 6.07 Å². The number of benzene rings is 1. The first-order valence-corrected chi connectivity index (χ1v) is 5.20. The molecule has 6 nitrogen and oxygen atoms in total. The predicted octanol–water partition coefficient (Wildman–Crippen LogP) is 1.54. The van der Waals surface area contributed by atoms with Gasteiger partial charge in [-0.3, -0.25) is 0 Å². The maximum Gasteiger partial charge on any atom is 0.222 e. The number of anilines is 1. The van der Waals surface area contributed by atoms with Crippen LogP contribution in [0.4, 0.5) is 10.3 Å². The average molecular weight is 252 g/mol. The second-order valence-corrected chi connectivity index (χ2v) is 3.72. The van der Waals surface area contributed by atoms with Crippen molar-refractivity contribution in [1.29, 1.82) is 0 Å². The molecule has 3 rings (SSSR count). The fourth-order valence-corrected chi connectivity index (χ4v) is 1.79. The van der Waals surface area contributed by atoms with Gasteiger partial charge in [-0.1, -0.05) is 5.16 Å². The zero-order chi connectivity index (χ0) is 12.7. The minimum absolute atomic E-state index is 0.0548. The summed E-state index contributed by atoms with van der Waals surface area (Å²) in [5.74, 6) is -0.899. The highest BCUT2D eigenvalue weighted by Gasteiger charge is 2.26. The van der Waals surface area contributed by atoms with Crippen LogP contribution in [0.2, 0.25) is 0 Å². The molecule has 0 bridgehead atoms. The number of hydrogen-bond donors (Lipinski definition) is 2. The molecule has 1 aliphatic heterocycles. The highest BCUT2D eigenvalue weighted by atomic mass is 19.1. The largest absolute Gasteiger partial charge is 0.504 e. The van der Waals surface area contributed by atoms with Crippen molar-refractivity contribution >= 4 is 5.88 Å². The van der Waals surface area contributed by atoms with Gasteiger partial charge in [0.05, 0.1) is 5.56 Å². The Labute approximate surface area is 101 Å². The van der Waals surface area contributed by atoms with E-state index < -0.39 is 11.6 Å². The lowest BCUT2D eigenvalue weighted by Crippen LogP contribution is -2.16. The molecule has 2 aromatic rings. The fourth-order valence-electron chi connectivity index (χ4n) is 1.79. The Kier molecular flexibility index (Phi) is 2.26. The standard InChI is InChI=1S/C11H9FN2O4/c12-5-3-7-11(17-2-1-16-7)9(10(5)15)6-4-8(13)18-14-6/h3-4,15H,1-2,13H2. The maximum atomic E-state index is 13.6. The summed E-state index contributed by atoms with van der Waals surface area (Å²) in [6.45, 7) is 0.621. The second-order valence-electron chi connectivity index (χ2n) is 3.72. The minimum atomic E-state index is -0.823. The van der Waals surface area contributed by atoms with Gasteiger partial charge in [0.15, 0.2) is 23.1 Å². The highest BCUT2D eigenvalue weighted by molar-refractivity contribution is 5.78. The van der Waals surface area contributed by atoms with Crippen molar-refractivity contribution in [3.63, 3.8) is 0 Å². The van der Waals surface area contributed by atoms with Crippen molar-refractivity contribution in [1.82, 2.24) is 5.16 Å². The summed E-state index contributed by atoms with van der Waals surface area (Å²) in [5.41, 5.74) is 5.66. The molecular weight excluding hydrogens is 243 g/mol. The number of hydrogen-bond acceptors (Lipinski definition) is 6. The third-order valence-electron chi connectivity index (χ3n) is 2.54. The van der Waals surface area contributed by atoms with E-state index in [1.54, 1.807) is 0 Å². The molecule has 1 aromatic carbocycles. The number of nitrogens with zero attached hydrogens (tertiary/aromatic N) is 1. The highest BCUT2D eigenvalue weighted by Crippen LogP contribution is 2.46.